The number of amides is 2. The van der Waals surface area contributed by atoms with Crippen molar-refractivity contribution in [3.63, 3.8) is 0 Å². The maximum Gasteiger partial charge on any atom is 0.259 e. The van der Waals surface area contributed by atoms with Crippen LogP contribution >= 0.6 is 0 Å². The van der Waals surface area contributed by atoms with E-state index in [-0.39, 0.29) is 11.8 Å². The van der Waals surface area contributed by atoms with Gasteiger partial charge in [0, 0.05) is 30.1 Å². The van der Waals surface area contributed by atoms with E-state index in [9.17, 15) is 9.59 Å². The molecule has 0 saturated heterocycles. The second kappa shape index (κ2) is 9.31. The van der Waals surface area contributed by atoms with Crippen molar-refractivity contribution in [3.05, 3.63) is 96.2 Å². The zero-order valence-electron chi connectivity index (χ0n) is 18.0. The summed E-state index contributed by atoms with van der Waals surface area (Å²) < 4.78 is 1.72. The second-order valence-corrected chi connectivity index (χ2v) is 7.43. The quantitative estimate of drug-likeness (QED) is 0.440. The summed E-state index contributed by atoms with van der Waals surface area (Å²) in [4.78, 5) is 24.4. The van der Waals surface area contributed by atoms with Crippen LogP contribution in [0.15, 0.2) is 85.1 Å². The van der Waals surface area contributed by atoms with Gasteiger partial charge >= 0.3 is 0 Å². The molecule has 0 spiro atoms. The largest absolute Gasteiger partial charge is 0.326 e. The minimum absolute atomic E-state index is 0.145. The molecule has 0 aliphatic heterocycles. The predicted octanol–water partition coefficient (Wildman–Crippen LogP) is 5.31. The van der Waals surface area contributed by atoms with Crippen molar-refractivity contribution in [1.29, 1.82) is 0 Å². The molecule has 0 fully saturated rings. The lowest BCUT2D eigenvalue weighted by Crippen LogP contribution is -2.12. The molecule has 0 saturated carbocycles. The van der Waals surface area contributed by atoms with Crippen molar-refractivity contribution >= 4 is 23.2 Å². The van der Waals surface area contributed by atoms with Gasteiger partial charge in [0.2, 0.25) is 5.91 Å². The van der Waals surface area contributed by atoms with E-state index >= 15 is 0 Å². The van der Waals surface area contributed by atoms with Crippen molar-refractivity contribution < 1.29 is 9.59 Å². The third kappa shape index (κ3) is 4.75. The summed E-state index contributed by atoms with van der Waals surface area (Å²) in [6.45, 7) is 3.56. The lowest BCUT2D eigenvalue weighted by atomic mass is 10.0. The topological polar surface area (TPSA) is 76.0 Å². The van der Waals surface area contributed by atoms with Gasteiger partial charge in [-0.1, -0.05) is 49.4 Å². The Hall–Kier alpha value is -4.19. The van der Waals surface area contributed by atoms with E-state index in [4.69, 9.17) is 5.10 Å². The fourth-order valence-electron chi connectivity index (χ4n) is 3.40. The molecule has 2 N–H and O–H groups in total. The van der Waals surface area contributed by atoms with Gasteiger partial charge in [-0.2, -0.15) is 5.10 Å². The van der Waals surface area contributed by atoms with Gasteiger partial charge < -0.3 is 10.6 Å². The highest BCUT2D eigenvalue weighted by Gasteiger charge is 2.19. The van der Waals surface area contributed by atoms with Gasteiger partial charge in [-0.25, -0.2) is 4.68 Å². The van der Waals surface area contributed by atoms with Crippen LogP contribution in [0.4, 0.5) is 11.4 Å². The summed E-state index contributed by atoms with van der Waals surface area (Å²) in [6.07, 6.45) is 2.69. The molecule has 2 amide bonds. The summed E-state index contributed by atoms with van der Waals surface area (Å²) in [6, 6.07) is 24.8. The number of rotatable bonds is 6. The van der Waals surface area contributed by atoms with E-state index < -0.39 is 0 Å². The van der Waals surface area contributed by atoms with E-state index in [0.717, 1.165) is 17.7 Å². The molecule has 4 rings (SSSR count). The first-order chi connectivity index (χ1) is 15.5. The van der Waals surface area contributed by atoms with Crippen LogP contribution in [0.2, 0.25) is 0 Å². The lowest BCUT2D eigenvalue weighted by molar-refractivity contribution is -0.114. The molecule has 0 aliphatic rings. The van der Waals surface area contributed by atoms with E-state index in [1.165, 1.54) is 12.5 Å². The molecule has 3 aromatic carbocycles. The first kappa shape index (κ1) is 21.1. The Bertz CT molecular complexity index is 1230. The molecule has 4 aromatic rings. The monoisotopic (exact) mass is 424 g/mol. The number of aryl methyl sites for hydroxylation is 1. The van der Waals surface area contributed by atoms with Crippen LogP contribution in [0, 0.1) is 0 Å². The van der Waals surface area contributed by atoms with Crippen LogP contribution in [-0.2, 0) is 11.2 Å². The normalized spacial score (nSPS) is 10.6. The molecular formula is C26H24N4O2. The van der Waals surface area contributed by atoms with Crippen molar-refractivity contribution in [3.8, 4) is 16.9 Å². The van der Waals surface area contributed by atoms with Crippen molar-refractivity contribution in [2.24, 2.45) is 0 Å². The Morgan fingerprint density at radius 1 is 0.844 bits per heavy atom. The van der Waals surface area contributed by atoms with Crippen LogP contribution in [-0.4, -0.2) is 21.6 Å². The fourth-order valence-corrected chi connectivity index (χ4v) is 3.40. The van der Waals surface area contributed by atoms with Crippen LogP contribution in [0.5, 0.6) is 0 Å². The van der Waals surface area contributed by atoms with Crippen molar-refractivity contribution in [2.45, 2.75) is 20.3 Å². The Balaban J connectivity index is 1.67. The number of anilines is 2. The van der Waals surface area contributed by atoms with Gasteiger partial charge in [-0.05, 0) is 48.4 Å². The number of hydrogen-bond acceptors (Lipinski definition) is 3. The average Bonchev–Trinajstić information content (AvgIpc) is 3.26. The molecule has 0 aliphatic carbocycles. The molecule has 6 nitrogen and oxygen atoms in total. The minimum atomic E-state index is -0.256. The van der Waals surface area contributed by atoms with Crippen molar-refractivity contribution in [2.75, 3.05) is 10.6 Å². The van der Waals surface area contributed by atoms with Gasteiger partial charge in [0.1, 0.15) is 5.69 Å². The number of para-hydroxylation sites is 1. The van der Waals surface area contributed by atoms with Crippen molar-refractivity contribution in [1.82, 2.24) is 9.78 Å². The number of nitrogens with zero attached hydrogens (tertiary/aromatic N) is 2. The molecule has 0 atom stereocenters. The molecule has 1 heterocycles. The summed E-state index contributed by atoms with van der Waals surface area (Å²) in [7, 11) is 0. The van der Waals surface area contributed by atoms with Crippen LogP contribution < -0.4 is 10.6 Å². The molecule has 0 bridgehead atoms. The van der Waals surface area contributed by atoms with Gasteiger partial charge in [0.15, 0.2) is 0 Å². The van der Waals surface area contributed by atoms with Crippen LogP contribution in [0.25, 0.3) is 16.9 Å². The average molecular weight is 425 g/mol. The molecular weight excluding hydrogens is 400 g/mol. The second-order valence-electron chi connectivity index (χ2n) is 7.43. The van der Waals surface area contributed by atoms with Gasteiger partial charge in [-0.15, -0.1) is 0 Å². The number of benzene rings is 3. The SMILES string of the molecule is CCc1ccc(-c2nn(-c3ccccc3)cc2C(=O)Nc2ccc(NC(C)=O)cc2)cc1. The zero-order chi connectivity index (χ0) is 22.5. The summed E-state index contributed by atoms with van der Waals surface area (Å²) in [5, 5.41) is 10.4. The third-order valence-corrected chi connectivity index (χ3v) is 5.08. The summed E-state index contributed by atoms with van der Waals surface area (Å²) in [5.41, 5.74) is 5.36. The summed E-state index contributed by atoms with van der Waals surface area (Å²) >= 11 is 0. The third-order valence-electron chi connectivity index (χ3n) is 5.08. The highest BCUT2D eigenvalue weighted by molar-refractivity contribution is 6.08. The number of aromatic nitrogens is 2. The molecule has 6 heteroatoms. The van der Waals surface area contributed by atoms with Crippen LogP contribution in [0.3, 0.4) is 0 Å². The van der Waals surface area contributed by atoms with E-state index in [1.807, 2.05) is 42.5 Å². The number of carbonyl (C=O) groups is 2. The fraction of sp³-hybridized carbons (Fsp3) is 0.115. The number of carbonyl (C=O) groups excluding carboxylic acids is 2. The molecule has 160 valence electrons. The van der Waals surface area contributed by atoms with Gasteiger partial charge in [0.05, 0.1) is 11.3 Å². The number of hydrogen-bond donors (Lipinski definition) is 2. The maximum atomic E-state index is 13.2. The van der Waals surface area contributed by atoms with E-state index in [0.29, 0.717) is 22.6 Å². The smallest absolute Gasteiger partial charge is 0.259 e. The molecule has 32 heavy (non-hydrogen) atoms. The highest BCUT2D eigenvalue weighted by atomic mass is 16.2. The van der Waals surface area contributed by atoms with Gasteiger partial charge in [0.25, 0.3) is 5.91 Å². The molecule has 0 unspecified atom stereocenters. The standard InChI is InChI=1S/C26H24N4O2/c1-3-19-9-11-20(12-10-19)25-24(17-30(29-25)23-7-5-4-6-8-23)26(32)28-22-15-13-21(14-16-22)27-18(2)31/h4-17H,3H2,1-2H3,(H,27,31)(H,28,32). The Morgan fingerprint density at radius 2 is 1.47 bits per heavy atom. The Kier molecular flexibility index (Phi) is 6.12. The highest BCUT2D eigenvalue weighted by Crippen LogP contribution is 2.26. The Labute approximate surface area is 186 Å². The number of nitrogens with one attached hydrogen (secondary N) is 2. The molecule has 1 aromatic heterocycles. The zero-order valence-corrected chi connectivity index (χ0v) is 18.0. The Morgan fingerprint density at radius 3 is 2.06 bits per heavy atom. The maximum absolute atomic E-state index is 13.2. The molecule has 0 radical (unpaired) electrons. The minimum Gasteiger partial charge on any atom is -0.326 e. The van der Waals surface area contributed by atoms with E-state index in [2.05, 4.69) is 29.7 Å². The first-order valence-corrected chi connectivity index (χ1v) is 10.5. The van der Waals surface area contributed by atoms with E-state index in [1.54, 1.807) is 35.1 Å². The van der Waals surface area contributed by atoms with Gasteiger partial charge in [-0.3, -0.25) is 9.59 Å². The first-order valence-electron chi connectivity index (χ1n) is 10.5. The lowest BCUT2D eigenvalue weighted by Gasteiger charge is -2.07. The van der Waals surface area contributed by atoms with Crippen LogP contribution in [0.1, 0.15) is 29.8 Å². The predicted molar refractivity (Wildman–Crippen MR) is 127 cm³/mol. The summed E-state index contributed by atoms with van der Waals surface area (Å²) in [5.74, 6) is -0.400.